The van der Waals surface area contributed by atoms with E-state index in [0.717, 1.165) is 23.3 Å². The van der Waals surface area contributed by atoms with Gasteiger partial charge in [0.2, 0.25) is 0 Å². The molecule has 0 aliphatic rings. The first-order valence-electron chi connectivity index (χ1n) is 7.66. The van der Waals surface area contributed by atoms with Crippen LogP contribution in [0.2, 0.25) is 0 Å². The molecule has 124 valence electrons. The van der Waals surface area contributed by atoms with E-state index in [1.807, 2.05) is 32.0 Å². The van der Waals surface area contributed by atoms with Crippen molar-refractivity contribution >= 4 is 5.91 Å². The number of ether oxygens (including phenoxy) is 2. The van der Waals surface area contributed by atoms with Crippen molar-refractivity contribution in [2.45, 2.75) is 26.9 Å². The number of aryl methyl sites for hydroxylation is 2. The van der Waals surface area contributed by atoms with Gasteiger partial charge in [0.25, 0.3) is 5.91 Å². The zero-order valence-corrected chi connectivity index (χ0v) is 13.8. The molecule has 0 saturated heterocycles. The topological polar surface area (TPSA) is 60.7 Å². The van der Waals surface area contributed by atoms with Gasteiger partial charge in [0.15, 0.2) is 5.76 Å². The molecule has 0 radical (unpaired) electrons. The van der Waals surface area contributed by atoms with E-state index >= 15 is 0 Å². The van der Waals surface area contributed by atoms with Crippen LogP contribution in [0.25, 0.3) is 0 Å². The Morgan fingerprint density at radius 1 is 1.22 bits per heavy atom. The molecule has 0 bridgehead atoms. The molecule has 5 heteroatoms. The lowest BCUT2D eigenvalue weighted by molar-refractivity contribution is 0.0917. The number of methoxy groups -OCH3 is 1. The highest BCUT2D eigenvalue weighted by atomic mass is 16.5. The molecule has 1 aromatic heterocycles. The molecular formula is C18H23NO4. The molecule has 1 heterocycles. The lowest BCUT2D eigenvalue weighted by atomic mass is 10.1. The van der Waals surface area contributed by atoms with Crippen LogP contribution in [0.3, 0.4) is 0 Å². The van der Waals surface area contributed by atoms with Gasteiger partial charge in [0.05, 0.1) is 0 Å². The molecule has 0 aliphatic carbocycles. The Labute approximate surface area is 136 Å². The van der Waals surface area contributed by atoms with Gasteiger partial charge in [-0.05, 0) is 49.6 Å². The SMILES string of the molecule is COCCCNC(=O)c1ccc(COc2cc(C)ccc2C)o1. The van der Waals surface area contributed by atoms with Crippen molar-refractivity contribution < 1.29 is 18.7 Å². The van der Waals surface area contributed by atoms with Crippen LogP contribution in [0.15, 0.2) is 34.7 Å². The second-order valence-electron chi connectivity index (χ2n) is 5.43. The van der Waals surface area contributed by atoms with E-state index in [4.69, 9.17) is 13.9 Å². The first-order valence-corrected chi connectivity index (χ1v) is 7.66. The predicted octanol–water partition coefficient (Wildman–Crippen LogP) is 3.24. The normalized spacial score (nSPS) is 10.6. The molecule has 1 aromatic carbocycles. The van der Waals surface area contributed by atoms with Gasteiger partial charge >= 0.3 is 0 Å². The maximum Gasteiger partial charge on any atom is 0.286 e. The van der Waals surface area contributed by atoms with E-state index in [1.165, 1.54) is 0 Å². The van der Waals surface area contributed by atoms with Crippen molar-refractivity contribution in [3.05, 3.63) is 53.0 Å². The molecule has 0 fully saturated rings. The minimum Gasteiger partial charge on any atom is -0.485 e. The Hall–Kier alpha value is -2.27. The van der Waals surface area contributed by atoms with Crippen LogP contribution in [0.5, 0.6) is 5.75 Å². The lowest BCUT2D eigenvalue weighted by Crippen LogP contribution is -2.24. The minimum atomic E-state index is -0.223. The Bertz CT molecular complexity index is 648. The number of amides is 1. The fraction of sp³-hybridized carbons (Fsp3) is 0.389. The summed E-state index contributed by atoms with van der Waals surface area (Å²) in [7, 11) is 1.64. The summed E-state index contributed by atoms with van der Waals surface area (Å²) in [6, 6.07) is 9.47. The standard InChI is InChI=1S/C18H23NO4/c1-13-5-6-14(2)17(11-13)22-12-15-7-8-16(23-15)18(20)19-9-4-10-21-3/h5-8,11H,4,9-10,12H2,1-3H3,(H,19,20). The summed E-state index contributed by atoms with van der Waals surface area (Å²) in [5, 5.41) is 2.78. The second kappa shape index (κ2) is 8.39. The average molecular weight is 317 g/mol. The van der Waals surface area contributed by atoms with Crippen LogP contribution in [-0.2, 0) is 11.3 Å². The summed E-state index contributed by atoms with van der Waals surface area (Å²) in [6.45, 7) is 5.48. The van der Waals surface area contributed by atoms with Gasteiger partial charge in [-0.1, -0.05) is 12.1 Å². The van der Waals surface area contributed by atoms with Gasteiger partial charge in [-0.15, -0.1) is 0 Å². The summed E-state index contributed by atoms with van der Waals surface area (Å²) in [5.41, 5.74) is 2.21. The van der Waals surface area contributed by atoms with Crippen LogP contribution in [-0.4, -0.2) is 26.2 Å². The van der Waals surface area contributed by atoms with Gasteiger partial charge in [0, 0.05) is 20.3 Å². The number of benzene rings is 1. The summed E-state index contributed by atoms with van der Waals surface area (Å²) >= 11 is 0. The Morgan fingerprint density at radius 3 is 2.83 bits per heavy atom. The van der Waals surface area contributed by atoms with Crippen LogP contribution in [0.4, 0.5) is 0 Å². The average Bonchev–Trinajstić information content (AvgIpc) is 3.01. The first-order chi connectivity index (χ1) is 11.1. The molecule has 0 saturated carbocycles. The van der Waals surface area contributed by atoms with Gasteiger partial charge in [-0.2, -0.15) is 0 Å². The van der Waals surface area contributed by atoms with Crippen LogP contribution < -0.4 is 10.1 Å². The quantitative estimate of drug-likeness (QED) is 0.759. The van der Waals surface area contributed by atoms with E-state index in [1.54, 1.807) is 19.2 Å². The highest BCUT2D eigenvalue weighted by Crippen LogP contribution is 2.21. The molecule has 0 atom stereocenters. The second-order valence-corrected chi connectivity index (χ2v) is 5.43. The van der Waals surface area contributed by atoms with Gasteiger partial charge in [0.1, 0.15) is 18.1 Å². The van der Waals surface area contributed by atoms with E-state index in [0.29, 0.717) is 31.3 Å². The monoisotopic (exact) mass is 317 g/mol. The molecule has 1 amide bonds. The van der Waals surface area contributed by atoms with Gasteiger partial charge < -0.3 is 19.2 Å². The van der Waals surface area contributed by atoms with Crippen LogP contribution >= 0.6 is 0 Å². The molecule has 1 N–H and O–H groups in total. The third-order valence-electron chi connectivity index (χ3n) is 3.41. The fourth-order valence-corrected chi connectivity index (χ4v) is 2.09. The number of hydrogen-bond acceptors (Lipinski definition) is 4. The largest absolute Gasteiger partial charge is 0.485 e. The lowest BCUT2D eigenvalue weighted by Gasteiger charge is -2.08. The van der Waals surface area contributed by atoms with Crippen LogP contribution in [0.1, 0.15) is 33.9 Å². The molecule has 0 spiro atoms. The summed E-state index contributed by atoms with van der Waals surface area (Å²) in [4.78, 5) is 11.9. The van der Waals surface area contributed by atoms with Gasteiger partial charge in [-0.3, -0.25) is 4.79 Å². The van der Waals surface area contributed by atoms with E-state index in [9.17, 15) is 4.79 Å². The zero-order valence-electron chi connectivity index (χ0n) is 13.8. The Kier molecular flexibility index (Phi) is 6.23. The van der Waals surface area contributed by atoms with E-state index in [-0.39, 0.29) is 5.91 Å². The first kappa shape index (κ1) is 17.1. The molecule has 2 aromatic rings. The number of nitrogens with one attached hydrogen (secondary N) is 1. The summed E-state index contributed by atoms with van der Waals surface area (Å²) in [5.74, 6) is 1.51. The van der Waals surface area contributed by atoms with Crippen molar-refractivity contribution in [2.24, 2.45) is 0 Å². The maximum absolute atomic E-state index is 11.9. The number of carbonyl (C=O) groups excluding carboxylic acids is 1. The van der Waals surface area contributed by atoms with Gasteiger partial charge in [-0.25, -0.2) is 0 Å². The number of carbonyl (C=O) groups is 1. The molecule has 0 aliphatic heterocycles. The highest BCUT2D eigenvalue weighted by Gasteiger charge is 2.11. The van der Waals surface area contributed by atoms with Crippen molar-refractivity contribution in [2.75, 3.05) is 20.3 Å². The zero-order chi connectivity index (χ0) is 16.7. The third-order valence-corrected chi connectivity index (χ3v) is 3.41. The molecule has 5 nitrogen and oxygen atoms in total. The van der Waals surface area contributed by atoms with Crippen molar-refractivity contribution in [3.8, 4) is 5.75 Å². The van der Waals surface area contributed by atoms with E-state index in [2.05, 4.69) is 5.32 Å². The fourth-order valence-electron chi connectivity index (χ4n) is 2.09. The molecular weight excluding hydrogens is 294 g/mol. The summed E-state index contributed by atoms with van der Waals surface area (Å²) < 4.78 is 16.2. The number of furan rings is 1. The maximum atomic E-state index is 11.9. The number of rotatable bonds is 8. The van der Waals surface area contributed by atoms with Crippen molar-refractivity contribution in [1.29, 1.82) is 0 Å². The number of hydrogen-bond donors (Lipinski definition) is 1. The minimum absolute atomic E-state index is 0.223. The van der Waals surface area contributed by atoms with Crippen LogP contribution in [0, 0.1) is 13.8 Å². The Morgan fingerprint density at radius 2 is 2.04 bits per heavy atom. The molecule has 2 rings (SSSR count). The smallest absolute Gasteiger partial charge is 0.286 e. The third kappa shape index (κ3) is 5.14. The highest BCUT2D eigenvalue weighted by molar-refractivity contribution is 5.91. The van der Waals surface area contributed by atoms with E-state index < -0.39 is 0 Å². The van der Waals surface area contributed by atoms with Crippen molar-refractivity contribution in [3.63, 3.8) is 0 Å². The molecule has 23 heavy (non-hydrogen) atoms. The Balaban J connectivity index is 1.87. The molecule has 0 unspecified atom stereocenters. The predicted molar refractivity (Wildman–Crippen MR) is 87.8 cm³/mol. The van der Waals surface area contributed by atoms with Crippen molar-refractivity contribution in [1.82, 2.24) is 5.32 Å². The summed E-state index contributed by atoms with van der Waals surface area (Å²) in [6.07, 6.45) is 0.769.